The molecule has 0 radical (unpaired) electrons. The molecule has 0 unspecified atom stereocenters. The van der Waals surface area contributed by atoms with Crippen LogP contribution in [0.3, 0.4) is 0 Å². The number of benzene rings is 1. The lowest BCUT2D eigenvalue weighted by Crippen LogP contribution is -2.15. The van der Waals surface area contributed by atoms with Crippen LogP contribution in [0.2, 0.25) is 0 Å². The van der Waals surface area contributed by atoms with E-state index in [4.69, 9.17) is 0 Å². The van der Waals surface area contributed by atoms with E-state index >= 15 is 0 Å². The van der Waals surface area contributed by atoms with Gasteiger partial charge in [-0.05, 0) is 48.3 Å². The van der Waals surface area contributed by atoms with E-state index < -0.39 is 5.60 Å². The highest BCUT2D eigenvalue weighted by atomic mass is 79.9. The number of Topliss-reactive ketones (excluding diaryl/α,β-unsaturated/α-hetero) is 1. The Morgan fingerprint density at radius 2 is 1.96 bits per heavy atom. The van der Waals surface area contributed by atoms with Gasteiger partial charge in [-0.2, -0.15) is 0 Å². The number of aryl methyl sites for hydroxylation is 1. The van der Waals surface area contributed by atoms with Crippen molar-refractivity contribution in [2.45, 2.75) is 39.3 Å². The van der Waals surface area contributed by atoms with Crippen LogP contribution in [0.4, 0.5) is 0 Å². The van der Waals surface area contributed by atoms with E-state index in [-0.39, 0.29) is 12.2 Å². The summed E-state index contributed by atoms with van der Waals surface area (Å²) < 4.78 is 3.14. The number of pyridine rings is 1. The number of ketones is 1. The maximum atomic E-state index is 12.6. The summed E-state index contributed by atoms with van der Waals surface area (Å²) in [7, 11) is 0. The monoisotopic (exact) mass is 400 g/mol. The van der Waals surface area contributed by atoms with Crippen molar-refractivity contribution in [3.63, 3.8) is 0 Å². The first kappa shape index (κ1) is 17.8. The molecule has 25 heavy (non-hydrogen) atoms. The van der Waals surface area contributed by atoms with Gasteiger partial charge in [-0.25, -0.2) is 0 Å². The molecule has 0 atom stereocenters. The van der Waals surface area contributed by atoms with Gasteiger partial charge in [0.15, 0.2) is 5.78 Å². The highest BCUT2D eigenvalue weighted by Crippen LogP contribution is 2.26. The molecule has 0 fully saturated rings. The Balaban J connectivity index is 1.84. The average Bonchev–Trinajstić information content (AvgIpc) is 2.90. The highest BCUT2D eigenvalue weighted by molar-refractivity contribution is 9.10. The molecule has 5 heteroatoms. The Kier molecular flexibility index (Phi) is 4.80. The molecule has 0 bridgehead atoms. The number of hydrogen-bond acceptors (Lipinski definition) is 3. The Labute approximate surface area is 155 Å². The lowest BCUT2D eigenvalue weighted by molar-refractivity contribution is 0.0784. The number of fused-ring (bicyclic) bond motifs is 1. The Hall–Kier alpha value is -1.98. The molecular formula is C20H21BrN2O2. The van der Waals surface area contributed by atoms with E-state index in [0.29, 0.717) is 5.56 Å². The van der Waals surface area contributed by atoms with E-state index in [0.717, 1.165) is 33.2 Å². The number of aromatic nitrogens is 2. The van der Waals surface area contributed by atoms with Gasteiger partial charge in [0.05, 0.1) is 23.2 Å². The second-order valence-corrected chi connectivity index (χ2v) is 7.55. The van der Waals surface area contributed by atoms with E-state index in [9.17, 15) is 9.90 Å². The number of hydrogen-bond donors (Lipinski definition) is 1. The fourth-order valence-corrected chi connectivity index (χ4v) is 3.43. The van der Waals surface area contributed by atoms with Gasteiger partial charge in [-0.1, -0.05) is 24.3 Å². The van der Waals surface area contributed by atoms with Gasteiger partial charge in [-0.3, -0.25) is 9.78 Å². The molecule has 2 heterocycles. The summed E-state index contributed by atoms with van der Waals surface area (Å²) in [6, 6.07) is 9.10. The summed E-state index contributed by atoms with van der Waals surface area (Å²) in [6.07, 6.45) is 4.10. The van der Waals surface area contributed by atoms with Gasteiger partial charge >= 0.3 is 0 Å². The Morgan fingerprint density at radius 3 is 2.56 bits per heavy atom. The molecule has 0 spiro atoms. The van der Waals surface area contributed by atoms with Crippen LogP contribution in [-0.4, -0.2) is 20.4 Å². The van der Waals surface area contributed by atoms with Crippen molar-refractivity contribution in [1.29, 1.82) is 0 Å². The van der Waals surface area contributed by atoms with Crippen LogP contribution < -0.4 is 0 Å². The van der Waals surface area contributed by atoms with Gasteiger partial charge in [0.25, 0.3) is 0 Å². The van der Waals surface area contributed by atoms with Crippen LogP contribution in [-0.2, 0) is 18.6 Å². The molecule has 4 nitrogen and oxygen atoms in total. The van der Waals surface area contributed by atoms with Crippen molar-refractivity contribution >= 4 is 32.6 Å². The molecule has 0 aliphatic heterocycles. The van der Waals surface area contributed by atoms with Crippen molar-refractivity contribution in [1.82, 2.24) is 9.55 Å². The molecule has 0 saturated carbocycles. The topological polar surface area (TPSA) is 55.1 Å². The second kappa shape index (κ2) is 6.73. The summed E-state index contributed by atoms with van der Waals surface area (Å²) in [5.74, 6) is 0.0165. The van der Waals surface area contributed by atoms with Crippen molar-refractivity contribution in [2.75, 3.05) is 0 Å². The van der Waals surface area contributed by atoms with Gasteiger partial charge in [-0.15, -0.1) is 0 Å². The number of carbonyl (C=O) groups is 1. The largest absolute Gasteiger partial charge is 0.386 e. The molecule has 2 aromatic heterocycles. The van der Waals surface area contributed by atoms with E-state index in [1.807, 2.05) is 18.5 Å². The van der Waals surface area contributed by atoms with Crippen molar-refractivity contribution in [3.8, 4) is 0 Å². The molecule has 130 valence electrons. The van der Waals surface area contributed by atoms with Gasteiger partial charge in [0.1, 0.15) is 0 Å². The lowest BCUT2D eigenvalue weighted by Gasteiger charge is -2.17. The van der Waals surface area contributed by atoms with Gasteiger partial charge in [0, 0.05) is 34.4 Å². The van der Waals surface area contributed by atoms with E-state index in [1.54, 1.807) is 38.1 Å². The van der Waals surface area contributed by atoms with Crippen LogP contribution in [0.15, 0.2) is 47.2 Å². The van der Waals surface area contributed by atoms with Crippen LogP contribution in [0, 0.1) is 0 Å². The molecular weight excluding hydrogens is 380 g/mol. The molecule has 0 aliphatic rings. The molecule has 1 N–H and O–H groups in total. The van der Waals surface area contributed by atoms with Crippen LogP contribution in [0.25, 0.3) is 10.9 Å². The predicted octanol–water partition coefficient (Wildman–Crippen LogP) is 4.47. The molecule has 0 aliphatic carbocycles. The second-order valence-electron chi connectivity index (χ2n) is 6.69. The number of rotatable bonds is 5. The zero-order valence-electron chi connectivity index (χ0n) is 14.6. The SMILES string of the molecule is CCn1cc(Br)c2cnc(CC(=O)c3ccc(C(C)(C)O)cc3)cc21. The molecule has 1 aromatic carbocycles. The maximum absolute atomic E-state index is 12.6. The molecule has 0 amide bonds. The number of nitrogens with zero attached hydrogens (tertiary/aromatic N) is 2. The predicted molar refractivity (Wildman–Crippen MR) is 103 cm³/mol. The fourth-order valence-electron chi connectivity index (χ4n) is 2.87. The quantitative estimate of drug-likeness (QED) is 0.642. The maximum Gasteiger partial charge on any atom is 0.168 e. The standard InChI is InChI=1S/C20H21BrN2O2/c1-4-23-12-17(21)16-11-22-15(9-18(16)23)10-19(24)13-5-7-14(8-6-13)20(2,3)25/h5-9,11-12,25H,4,10H2,1-3H3. The molecule has 3 aromatic rings. The van der Waals surface area contributed by atoms with Crippen LogP contribution in [0.5, 0.6) is 0 Å². The third-order valence-corrected chi connectivity index (χ3v) is 5.00. The van der Waals surface area contributed by atoms with Crippen molar-refractivity contribution < 1.29 is 9.90 Å². The van der Waals surface area contributed by atoms with E-state index in [1.165, 1.54) is 0 Å². The first-order chi connectivity index (χ1) is 11.8. The third-order valence-electron chi connectivity index (χ3n) is 4.37. The van der Waals surface area contributed by atoms with Crippen LogP contribution in [0.1, 0.15) is 42.4 Å². The van der Waals surface area contributed by atoms with Gasteiger partial charge < -0.3 is 9.67 Å². The third kappa shape index (κ3) is 3.67. The zero-order chi connectivity index (χ0) is 18.2. The fraction of sp³-hybridized carbons (Fsp3) is 0.300. The molecule has 3 rings (SSSR count). The number of carbonyl (C=O) groups excluding carboxylic acids is 1. The van der Waals surface area contributed by atoms with Crippen molar-refractivity contribution in [3.05, 3.63) is 64.0 Å². The van der Waals surface area contributed by atoms with E-state index in [2.05, 4.69) is 32.4 Å². The Bertz CT molecular complexity index is 921. The summed E-state index contributed by atoms with van der Waals surface area (Å²) in [4.78, 5) is 17.0. The minimum Gasteiger partial charge on any atom is -0.386 e. The first-order valence-electron chi connectivity index (χ1n) is 8.29. The number of halogens is 1. The average molecular weight is 401 g/mol. The minimum atomic E-state index is -0.910. The number of aliphatic hydroxyl groups is 1. The smallest absolute Gasteiger partial charge is 0.168 e. The van der Waals surface area contributed by atoms with Gasteiger partial charge in [0.2, 0.25) is 0 Å². The summed E-state index contributed by atoms with van der Waals surface area (Å²) in [6.45, 7) is 6.40. The molecule has 0 saturated heterocycles. The summed E-state index contributed by atoms with van der Waals surface area (Å²) in [5, 5.41) is 11.1. The zero-order valence-corrected chi connectivity index (χ0v) is 16.2. The minimum absolute atomic E-state index is 0.0165. The van der Waals surface area contributed by atoms with Crippen LogP contribution >= 0.6 is 15.9 Å². The van der Waals surface area contributed by atoms with Crippen molar-refractivity contribution in [2.24, 2.45) is 0 Å². The normalized spacial score (nSPS) is 11.9. The lowest BCUT2D eigenvalue weighted by atomic mass is 9.96. The summed E-state index contributed by atoms with van der Waals surface area (Å²) in [5.41, 5.74) is 2.33. The summed E-state index contributed by atoms with van der Waals surface area (Å²) >= 11 is 3.55. The first-order valence-corrected chi connectivity index (χ1v) is 9.08. The Morgan fingerprint density at radius 1 is 1.28 bits per heavy atom. The highest BCUT2D eigenvalue weighted by Gasteiger charge is 2.17.